The van der Waals surface area contributed by atoms with Crippen molar-refractivity contribution in [1.82, 2.24) is 9.55 Å². The summed E-state index contributed by atoms with van der Waals surface area (Å²) in [6.07, 6.45) is -1.69. The maximum Gasteiger partial charge on any atom is 0.416 e. The molecule has 2 aromatic rings. The van der Waals surface area contributed by atoms with E-state index in [1.807, 2.05) is 0 Å². The molecule has 1 atom stereocenters. The standard InChI is InChI=1S/C13H13F3N2O/c1-18-7-11(17-8-18)12(19)6-9-2-4-10(5-3-9)13(14,15)16/h2-5,7-8,12,19H,6H2,1H3. The minimum absolute atomic E-state index is 0.231. The number of alkyl halides is 3. The van der Waals surface area contributed by atoms with Crippen LogP contribution in [0.5, 0.6) is 0 Å². The van der Waals surface area contributed by atoms with Gasteiger partial charge >= 0.3 is 6.18 Å². The predicted molar refractivity (Wildman–Crippen MR) is 63.3 cm³/mol. The van der Waals surface area contributed by atoms with Crippen molar-refractivity contribution in [2.75, 3.05) is 0 Å². The maximum absolute atomic E-state index is 12.4. The molecule has 0 radical (unpaired) electrons. The summed E-state index contributed by atoms with van der Waals surface area (Å²) in [4.78, 5) is 4.00. The second kappa shape index (κ2) is 5.05. The van der Waals surface area contributed by atoms with Crippen molar-refractivity contribution in [2.45, 2.75) is 18.7 Å². The number of hydrogen-bond donors (Lipinski definition) is 1. The third-order valence-electron chi connectivity index (χ3n) is 2.78. The van der Waals surface area contributed by atoms with E-state index in [1.165, 1.54) is 12.1 Å². The third kappa shape index (κ3) is 3.35. The minimum atomic E-state index is -4.34. The molecule has 1 heterocycles. The van der Waals surface area contributed by atoms with Gasteiger partial charge in [-0.3, -0.25) is 0 Å². The number of hydrogen-bond acceptors (Lipinski definition) is 2. The Balaban J connectivity index is 2.07. The van der Waals surface area contributed by atoms with Crippen LogP contribution in [-0.4, -0.2) is 14.7 Å². The summed E-state index contributed by atoms with van der Waals surface area (Å²) in [5.41, 5.74) is 0.442. The van der Waals surface area contributed by atoms with Crippen molar-refractivity contribution in [3.63, 3.8) is 0 Å². The molecule has 1 aromatic carbocycles. The van der Waals surface area contributed by atoms with Crippen LogP contribution in [0.25, 0.3) is 0 Å². The monoisotopic (exact) mass is 270 g/mol. The molecule has 0 saturated heterocycles. The molecule has 0 fully saturated rings. The normalized spacial score (nSPS) is 13.5. The van der Waals surface area contributed by atoms with Gasteiger partial charge in [-0.2, -0.15) is 13.2 Å². The highest BCUT2D eigenvalue weighted by molar-refractivity contribution is 5.25. The van der Waals surface area contributed by atoms with Gasteiger partial charge in [0.2, 0.25) is 0 Å². The predicted octanol–water partition coefficient (Wildman–Crippen LogP) is 2.72. The minimum Gasteiger partial charge on any atom is -0.386 e. The van der Waals surface area contributed by atoms with Crippen LogP contribution in [0.1, 0.15) is 22.9 Å². The lowest BCUT2D eigenvalue weighted by atomic mass is 10.0. The summed E-state index contributed by atoms with van der Waals surface area (Å²) in [5.74, 6) is 0. The van der Waals surface area contributed by atoms with Gasteiger partial charge in [0.05, 0.1) is 17.6 Å². The van der Waals surface area contributed by atoms with E-state index in [4.69, 9.17) is 0 Å². The topological polar surface area (TPSA) is 38.0 Å². The second-order valence-electron chi connectivity index (χ2n) is 4.38. The number of halogens is 3. The molecule has 0 saturated carbocycles. The Hall–Kier alpha value is -1.82. The largest absolute Gasteiger partial charge is 0.416 e. The first-order valence-electron chi connectivity index (χ1n) is 5.68. The van der Waals surface area contributed by atoms with Gasteiger partial charge in [0.25, 0.3) is 0 Å². The Morgan fingerprint density at radius 1 is 1.26 bits per heavy atom. The molecule has 1 aromatic heterocycles. The van der Waals surface area contributed by atoms with E-state index in [9.17, 15) is 18.3 Å². The number of rotatable bonds is 3. The van der Waals surface area contributed by atoms with E-state index in [-0.39, 0.29) is 6.42 Å². The van der Waals surface area contributed by atoms with Crippen LogP contribution < -0.4 is 0 Å². The first-order chi connectivity index (χ1) is 8.86. The summed E-state index contributed by atoms with van der Waals surface area (Å²) in [5, 5.41) is 9.92. The average molecular weight is 270 g/mol. The summed E-state index contributed by atoms with van der Waals surface area (Å²) in [6, 6.07) is 4.77. The molecule has 0 amide bonds. The quantitative estimate of drug-likeness (QED) is 0.931. The zero-order valence-corrected chi connectivity index (χ0v) is 10.2. The lowest BCUT2D eigenvalue weighted by Crippen LogP contribution is -2.06. The molecule has 0 spiro atoms. The molecule has 3 nitrogen and oxygen atoms in total. The van der Waals surface area contributed by atoms with Gasteiger partial charge in [-0.05, 0) is 17.7 Å². The Kier molecular flexibility index (Phi) is 3.61. The molecule has 6 heteroatoms. The fourth-order valence-electron chi connectivity index (χ4n) is 1.76. The smallest absolute Gasteiger partial charge is 0.386 e. The number of aromatic nitrogens is 2. The number of imidazole rings is 1. The van der Waals surface area contributed by atoms with Crippen LogP contribution >= 0.6 is 0 Å². The van der Waals surface area contributed by atoms with Crippen LogP contribution in [0.15, 0.2) is 36.8 Å². The van der Waals surface area contributed by atoms with E-state index in [0.29, 0.717) is 11.3 Å². The Morgan fingerprint density at radius 3 is 2.37 bits per heavy atom. The molecule has 2 rings (SSSR count). The lowest BCUT2D eigenvalue weighted by molar-refractivity contribution is -0.137. The Labute approximate surface area is 108 Å². The van der Waals surface area contributed by atoms with Crippen LogP contribution in [0.3, 0.4) is 0 Å². The van der Waals surface area contributed by atoms with Gasteiger partial charge in [-0.1, -0.05) is 12.1 Å². The highest BCUT2D eigenvalue weighted by Gasteiger charge is 2.30. The number of aliphatic hydroxyl groups is 1. The molecule has 1 unspecified atom stereocenters. The van der Waals surface area contributed by atoms with Crippen molar-refractivity contribution in [1.29, 1.82) is 0 Å². The van der Waals surface area contributed by atoms with Crippen molar-refractivity contribution in [3.8, 4) is 0 Å². The van der Waals surface area contributed by atoms with Gasteiger partial charge in [0.15, 0.2) is 0 Å². The highest BCUT2D eigenvalue weighted by atomic mass is 19.4. The molecular formula is C13H13F3N2O. The van der Waals surface area contributed by atoms with E-state index in [0.717, 1.165) is 12.1 Å². The number of benzene rings is 1. The molecule has 0 aliphatic rings. The number of aliphatic hydroxyl groups excluding tert-OH is 1. The van der Waals surface area contributed by atoms with E-state index in [1.54, 1.807) is 24.1 Å². The average Bonchev–Trinajstić information content (AvgIpc) is 2.75. The summed E-state index contributed by atoms with van der Waals surface area (Å²) < 4.78 is 38.9. The Morgan fingerprint density at radius 2 is 1.89 bits per heavy atom. The van der Waals surface area contributed by atoms with Crippen LogP contribution in [0.4, 0.5) is 13.2 Å². The van der Waals surface area contributed by atoms with Gasteiger partial charge in [-0.15, -0.1) is 0 Å². The fraction of sp³-hybridized carbons (Fsp3) is 0.308. The van der Waals surface area contributed by atoms with Crippen LogP contribution in [-0.2, 0) is 19.6 Å². The van der Waals surface area contributed by atoms with Gasteiger partial charge in [0.1, 0.15) is 6.10 Å². The molecule has 0 aliphatic heterocycles. The highest BCUT2D eigenvalue weighted by Crippen LogP contribution is 2.29. The molecular weight excluding hydrogens is 257 g/mol. The van der Waals surface area contributed by atoms with Crippen LogP contribution in [0, 0.1) is 0 Å². The van der Waals surface area contributed by atoms with E-state index in [2.05, 4.69) is 4.98 Å². The maximum atomic E-state index is 12.4. The van der Waals surface area contributed by atoms with Gasteiger partial charge in [-0.25, -0.2) is 4.98 Å². The molecule has 1 N–H and O–H groups in total. The summed E-state index contributed by atoms with van der Waals surface area (Å²) in [6.45, 7) is 0. The van der Waals surface area contributed by atoms with Crippen LogP contribution in [0.2, 0.25) is 0 Å². The van der Waals surface area contributed by atoms with E-state index >= 15 is 0 Å². The zero-order chi connectivity index (χ0) is 14.0. The van der Waals surface area contributed by atoms with Gasteiger partial charge in [0, 0.05) is 19.7 Å². The van der Waals surface area contributed by atoms with Crippen molar-refractivity contribution < 1.29 is 18.3 Å². The fourth-order valence-corrected chi connectivity index (χ4v) is 1.76. The lowest BCUT2D eigenvalue weighted by Gasteiger charge is -2.10. The SMILES string of the molecule is Cn1cnc(C(O)Cc2ccc(C(F)(F)F)cc2)c1. The molecule has 19 heavy (non-hydrogen) atoms. The molecule has 102 valence electrons. The second-order valence-corrected chi connectivity index (χ2v) is 4.38. The molecule has 0 bridgehead atoms. The summed E-state index contributed by atoms with van der Waals surface area (Å²) in [7, 11) is 1.78. The molecule has 0 aliphatic carbocycles. The zero-order valence-electron chi connectivity index (χ0n) is 10.2. The summed E-state index contributed by atoms with van der Waals surface area (Å²) >= 11 is 0. The first kappa shape index (κ1) is 13.6. The van der Waals surface area contributed by atoms with Gasteiger partial charge < -0.3 is 9.67 Å². The third-order valence-corrected chi connectivity index (χ3v) is 2.78. The number of nitrogens with zero attached hydrogens (tertiary/aromatic N) is 2. The Bertz CT molecular complexity index is 546. The van der Waals surface area contributed by atoms with Crippen molar-refractivity contribution in [2.24, 2.45) is 7.05 Å². The first-order valence-corrected chi connectivity index (χ1v) is 5.68. The van der Waals surface area contributed by atoms with Crippen molar-refractivity contribution in [3.05, 3.63) is 53.6 Å². The van der Waals surface area contributed by atoms with Crippen molar-refractivity contribution >= 4 is 0 Å². The number of aryl methyl sites for hydroxylation is 1. The van der Waals surface area contributed by atoms with E-state index < -0.39 is 17.8 Å².